The van der Waals surface area contributed by atoms with E-state index in [9.17, 15) is 29.9 Å². The van der Waals surface area contributed by atoms with Gasteiger partial charge in [-0.1, -0.05) is 0 Å². The third-order valence-electron chi connectivity index (χ3n) is 2.96. The molecule has 23 heavy (non-hydrogen) atoms. The zero-order valence-electron chi connectivity index (χ0n) is 12.3. The number of ether oxygens (including phenoxy) is 2. The predicted molar refractivity (Wildman–Crippen MR) is 71.9 cm³/mol. The first-order valence-electron chi connectivity index (χ1n) is 6.89. The molecule has 0 aromatic carbocycles. The quantitative estimate of drug-likeness (QED) is 0.151. The van der Waals surface area contributed by atoms with E-state index in [1.54, 1.807) is 0 Å². The molecule has 0 rings (SSSR count). The van der Waals surface area contributed by atoms with Gasteiger partial charge in [0.15, 0.2) is 6.29 Å². The van der Waals surface area contributed by atoms with Crippen LogP contribution in [0.1, 0.15) is 0 Å². The minimum atomic E-state index is -1.89. The smallest absolute Gasteiger partial charge is 0.186 e. The fourth-order valence-corrected chi connectivity index (χ4v) is 1.54. The van der Waals surface area contributed by atoms with Gasteiger partial charge >= 0.3 is 0 Å². The van der Waals surface area contributed by atoms with Crippen molar-refractivity contribution in [3.8, 4) is 0 Å². The molecule has 11 heteroatoms. The first kappa shape index (κ1) is 22.5. The summed E-state index contributed by atoms with van der Waals surface area (Å²) < 4.78 is 22.1. The largest absolute Gasteiger partial charge is 0.394 e. The first-order chi connectivity index (χ1) is 10.8. The monoisotopic (exact) mass is 348 g/mol. The molecule has 0 spiro atoms. The zero-order valence-corrected chi connectivity index (χ0v) is 12.3. The number of hydrogen-bond donors (Lipinski definition) is 8. The molecule has 0 saturated heterocycles. The van der Waals surface area contributed by atoms with E-state index in [-0.39, 0.29) is 6.61 Å². The van der Waals surface area contributed by atoms with Crippen LogP contribution in [0.5, 0.6) is 0 Å². The summed E-state index contributed by atoms with van der Waals surface area (Å²) in [5.74, 6) is 0. The van der Waals surface area contributed by atoms with Crippen LogP contribution in [0.4, 0.5) is 4.39 Å². The molecule has 0 saturated carbocycles. The number of aliphatic hydroxyl groups excluding tert-OH is 8. The minimum absolute atomic E-state index is 0.314. The highest BCUT2D eigenvalue weighted by atomic mass is 19.1. The van der Waals surface area contributed by atoms with Crippen molar-refractivity contribution in [3.05, 3.63) is 0 Å². The van der Waals surface area contributed by atoms with Crippen LogP contribution in [-0.2, 0) is 9.47 Å². The van der Waals surface area contributed by atoms with Crippen molar-refractivity contribution in [2.45, 2.75) is 42.9 Å². The lowest BCUT2D eigenvalue weighted by Crippen LogP contribution is -2.49. The highest BCUT2D eigenvalue weighted by Crippen LogP contribution is 2.11. The molecule has 140 valence electrons. The van der Waals surface area contributed by atoms with Crippen molar-refractivity contribution in [1.29, 1.82) is 0 Å². The molecule has 0 aromatic heterocycles. The number of hydrogen-bond acceptors (Lipinski definition) is 10. The third kappa shape index (κ3) is 7.76. The average molecular weight is 348 g/mol. The molecule has 0 amide bonds. The summed E-state index contributed by atoms with van der Waals surface area (Å²) in [5.41, 5.74) is 0. The molecule has 0 heterocycles. The Labute approximate surface area is 132 Å². The normalized spacial score (nSPS) is 21.3. The Hall–Kier alpha value is -0.470. The SMILES string of the molecule is OCCO[C@H](OCC(O)C(O)[C@H](O)C(O)CO)C(O)C(O)CF. The second-order valence-corrected chi connectivity index (χ2v) is 4.81. The van der Waals surface area contributed by atoms with E-state index in [0.29, 0.717) is 0 Å². The van der Waals surface area contributed by atoms with Gasteiger partial charge in [0.1, 0.15) is 43.3 Å². The standard InChI is InChI=1S/C12H25FO10/c13-3-6(16)11(21)12(22-2-1-14)23-5-8(18)10(20)9(19)7(17)4-15/h6-12,14-21H,1-5H2/t6?,7?,8?,9-,10?,11?,12-/m1/s1. The molecule has 7 atom stereocenters. The van der Waals surface area contributed by atoms with Crippen LogP contribution in [0, 0.1) is 0 Å². The Bertz CT molecular complexity index is 297. The average Bonchev–Trinajstić information content (AvgIpc) is 2.57. The maximum atomic E-state index is 12.3. The number of aliphatic hydroxyl groups is 8. The highest BCUT2D eigenvalue weighted by molar-refractivity contribution is 4.81. The molecule has 0 aliphatic rings. The Morgan fingerprint density at radius 1 is 0.739 bits per heavy atom. The van der Waals surface area contributed by atoms with E-state index < -0.39 is 69.4 Å². The Morgan fingerprint density at radius 3 is 1.78 bits per heavy atom. The molecule has 0 fully saturated rings. The number of alkyl halides is 1. The molecule has 5 unspecified atom stereocenters. The van der Waals surface area contributed by atoms with Gasteiger partial charge in [0.05, 0.1) is 26.4 Å². The lowest BCUT2D eigenvalue weighted by molar-refractivity contribution is -0.234. The van der Waals surface area contributed by atoms with E-state index in [2.05, 4.69) is 0 Å². The maximum absolute atomic E-state index is 12.3. The van der Waals surface area contributed by atoms with Gasteiger partial charge in [0, 0.05) is 0 Å². The Kier molecular flexibility index (Phi) is 11.7. The molecule has 0 radical (unpaired) electrons. The van der Waals surface area contributed by atoms with Gasteiger partial charge in [-0.2, -0.15) is 0 Å². The van der Waals surface area contributed by atoms with Crippen LogP contribution >= 0.6 is 0 Å². The fraction of sp³-hybridized carbons (Fsp3) is 1.00. The van der Waals surface area contributed by atoms with Crippen LogP contribution in [0.3, 0.4) is 0 Å². The highest BCUT2D eigenvalue weighted by Gasteiger charge is 2.33. The molecule has 0 aliphatic heterocycles. The summed E-state index contributed by atoms with van der Waals surface area (Å²) in [6, 6.07) is 0. The van der Waals surface area contributed by atoms with E-state index in [1.165, 1.54) is 0 Å². The third-order valence-corrected chi connectivity index (χ3v) is 2.96. The minimum Gasteiger partial charge on any atom is -0.394 e. The molecular weight excluding hydrogens is 323 g/mol. The van der Waals surface area contributed by atoms with Crippen molar-refractivity contribution in [2.75, 3.05) is 33.1 Å². The lowest BCUT2D eigenvalue weighted by atomic mass is 10.0. The first-order valence-corrected chi connectivity index (χ1v) is 6.89. The molecule has 10 nitrogen and oxygen atoms in total. The molecule has 0 bridgehead atoms. The topological polar surface area (TPSA) is 180 Å². The number of rotatable bonds is 13. The van der Waals surface area contributed by atoms with Crippen molar-refractivity contribution < 1.29 is 54.7 Å². The van der Waals surface area contributed by atoms with Gasteiger partial charge in [-0.25, -0.2) is 4.39 Å². The second-order valence-electron chi connectivity index (χ2n) is 4.81. The Morgan fingerprint density at radius 2 is 1.30 bits per heavy atom. The molecule has 8 N–H and O–H groups in total. The van der Waals surface area contributed by atoms with Gasteiger partial charge in [0.2, 0.25) is 0 Å². The summed E-state index contributed by atoms with van der Waals surface area (Å²) in [5, 5.41) is 73.9. The van der Waals surface area contributed by atoms with E-state index in [1.807, 2.05) is 0 Å². The van der Waals surface area contributed by atoms with Crippen LogP contribution in [-0.4, -0.2) is 117 Å². The van der Waals surface area contributed by atoms with Gasteiger partial charge in [-0.3, -0.25) is 0 Å². The van der Waals surface area contributed by atoms with Crippen molar-refractivity contribution >= 4 is 0 Å². The summed E-state index contributed by atoms with van der Waals surface area (Å²) in [4.78, 5) is 0. The lowest BCUT2D eigenvalue weighted by Gasteiger charge is -2.29. The van der Waals surface area contributed by atoms with Gasteiger partial charge in [-0.15, -0.1) is 0 Å². The maximum Gasteiger partial charge on any atom is 0.186 e. The second kappa shape index (κ2) is 12.0. The van der Waals surface area contributed by atoms with Gasteiger partial charge in [-0.05, 0) is 0 Å². The summed E-state index contributed by atoms with van der Waals surface area (Å²) >= 11 is 0. The molecular formula is C12H25FO10. The van der Waals surface area contributed by atoms with E-state index in [4.69, 9.17) is 24.8 Å². The van der Waals surface area contributed by atoms with Crippen molar-refractivity contribution in [2.24, 2.45) is 0 Å². The van der Waals surface area contributed by atoms with E-state index in [0.717, 1.165) is 0 Å². The van der Waals surface area contributed by atoms with Crippen LogP contribution < -0.4 is 0 Å². The zero-order chi connectivity index (χ0) is 18.0. The van der Waals surface area contributed by atoms with E-state index >= 15 is 0 Å². The van der Waals surface area contributed by atoms with Crippen LogP contribution in [0.15, 0.2) is 0 Å². The summed E-state index contributed by atoms with van der Waals surface area (Å²) in [6.07, 6.45) is -12.5. The molecule has 0 aromatic rings. The van der Waals surface area contributed by atoms with Crippen LogP contribution in [0.2, 0.25) is 0 Å². The summed E-state index contributed by atoms with van der Waals surface area (Å²) in [7, 11) is 0. The van der Waals surface area contributed by atoms with Crippen molar-refractivity contribution in [3.63, 3.8) is 0 Å². The fourth-order valence-electron chi connectivity index (χ4n) is 1.54. The molecule has 0 aliphatic carbocycles. The predicted octanol–water partition coefficient (Wildman–Crippen LogP) is -4.53. The van der Waals surface area contributed by atoms with Gasteiger partial charge < -0.3 is 50.3 Å². The summed E-state index contributed by atoms with van der Waals surface area (Å²) in [6.45, 7) is -3.63. The Balaban J connectivity index is 4.58. The van der Waals surface area contributed by atoms with Gasteiger partial charge in [0.25, 0.3) is 0 Å². The van der Waals surface area contributed by atoms with Crippen molar-refractivity contribution in [1.82, 2.24) is 0 Å². The number of halogens is 1. The van der Waals surface area contributed by atoms with Crippen LogP contribution in [0.25, 0.3) is 0 Å².